The van der Waals surface area contributed by atoms with Crippen LogP contribution < -0.4 is 11.5 Å². The molecular formula is C6H16HgN2. The Balaban J connectivity index is 2.60. The van der Waals surface area contributed by atoms with Gasteiger partial charge in [0.15, 0.2) is 0 Å². The monoisotopic (exact) mass is 318 g/mol. The average Bonchev–Trinajstić information content (AvgIpc) is 1.89. The van der Waals surface area contributed by atoms with Crippen molar-refractivity contribution >= 4 is 0 Å². The van der Waals surface area contributed by atoms with E-state index in [1.807, 2.05) is 0 Å². The molecule has 0 bridgehead atoms. The molecule has 0 spiro atoms. The van der Waals surface area contributed by atoms with Crippen molar-refractivity contribution in [2.75, 3.05) is 13.1 Å². The van der Waals surface area contributed by atoms with E-state index in [0.717, 1.165) is 13.1 Å². The Morgan fingerprint density at radius 1 is 0.889 bits per heavy atom. The summed E-state index contributed by atoms with van der Waals surface area (Å²) in [5.41, 5.74) is 10.7. The fourth-order valence-electron chi connectivity index (χ4n) is 0.819. The zero-order valence-corrected chi connectivity index (χ0v) is 11.6. The van der Waals surface area contributed by atoms with E-state index in [1.54, 1.807) is 0 Å². The van der Waals surface area contributed by atoms with Crippen LogP contribution in [0.25, 0.3) is 0 Å². The minimum atomic E-state index is -0.413. The third kappa shape index (κ3) is 8.86. The van der Waals surface area contributed by atoms with Gasteiger partial charge in [0.05, 0.1) is 0 Å². The Kier molecular flexibility index (Phi) is 9.70. The van der Waals surface area contributed by atoms with E-state index in [4.69, 9.17) is 11.5 Å². The molecule has 0 aromatic carbocycles. The van der Waals surface area contributed by atoms with Crippen molar-refractivity contribution in [1.29, 1.82) is 0 Å². The summed E-state index contributed by atoms with van der Waals surface area (Å²) < 4.78 is 2.99. The van der Waals surface area contributed by atoms with Crippen LogP contribution in [0.3, 0.4) is 0 Å². The zero-order valence-electron chi connectivity index (χ0n) is 6.10. The summed E-state index contributed by atoms with van der Waals surface area (Å²) in [6, 6.07) is 0. The maximum atomic E-state index is 5.35. The molecule has 9 heavy (non-hydrogen) atoms. The first-order chi connectivity index (χ1) is 4.41. The average molecular weight is 317 g/mol. The topological polar surface area (TPSA) is 52.0 Å². The summed E-state index contributed by atoms with van der Waals surface area (Å²) in [6.07, 6.45) is 2.54. The Bertz CT molecular complexity index is 44.3. The molecule has 0 aliphatic heterocycles. The van der Waals surface area contributed by atoms with Crippen LogP contribution in [0.15, 0.2) is 0 Å². The second kappa shape index (κ2) is 8.86. The zero-order chi connectivity index (χ0) is 6.95. The van der Waals surface area contributed by atoms with Crippen LogP contribution in [-0.2, 0) is 24.6 Å². The summed E-state index contributed by atoms with van der Waals surface area (Å²) in [4.78, 5) is 0. The van der Waals surface area contributed by atoms with Crippen molar-refractivity contribution in [3.63, 3.8) is 0 Å². The summed E-state index contributed by atoms with van der Waals surface area (Å²) in [7, 11) is 0. The van der Waals surface area contributed by atoms with Gasteiger partial charge in [-0.15, -0.1) is 0 Å². The number of hydrogen-bond donors (Lipinski definition) is 2. The summed E-state index contributed by atoms with van der Waals surface area (Å²) in [6.45, 7) is 1.78. The maximum absolute atomic E-state index is 5.35. The van der Waals surface area contributed by atoms with Gasteiger partial charge < -0.3 is 0 Å². The van der Waals surface area contributed by atoms with Gasteiger partial charge in [-0.25, -0.2) is 0 Å². The van der Waals surface area contributed by atoms with Crippen LogP contribution in [0, 0.1) is 0 Å². The van der Waals surface area contributed by atoms with Crippen molar-refractivity contribution in [3.8, 4) is 0 Å². The van der Waals surface area contributed by atoms with Crippen LogP contribution in [0.1, 0.15) is 12.8 Å². The molecule has 0 aliphatic rings. The van der Waals surface area contributed by atoms with E-state index in [1.165, 1.54) is 20.7 Å². The summed E-state index contributed by atoms with van der Waals surface area (Å²) in [5, 5.41) is 0. The molecule has 0 unspecified atom stereocenters. The van der Waals surface area contributed by atoms with Crippen molar-refractivity contribution in [3.05, 3.63) is 0 Å². The first-order valence-corrected chi connectivity index (χ1v) is 11.6. The molecular weight excluding hydrogens is 301 g/mol. The van der Waals surface area contributed by atoms with Crippen molar-refractivity contribution in [2.24, 2.45) is 11.5 Å². The van der Waals surface area contributed by atoms with E-state index in [2.05, 4.69) is 0 Å². The Labute approximate surface area is 69.8 Å². The Hall–Kier alpha value is 0.855. The van der Waals surface area contributed by atoms with Crippen LogP contribution in [0.2, 0.25) is 7.86 Å². The molecule has 0 amide bonds. The molecule has 0 rings (SSSR count). The quantitative estimate of drug-likeness (QED) is 0.557. The van der Waals surface area contributed by atoms with Gasteiger partial charge in [0.1, 0.15) is 0 Å². The molecule has 2 nitrogen and oxygen atoms in total. The molecule has 0 atom stereocenters. The first-order valence-electron chi connectivity index (χ1n) is 3.82. The van der Waals surface area contributed by atoms with Crippen molar-refractivity contribution in [2.45, 2.75) is 20.7 Å². The molecule has 0 heterocycles. The molecule has 52 valence electrons. The SMILES string of the molecule is NCC[CH2][Hg][CH2]CCN. The van der Waals surface area contributed by atoms with Crippen LogP contribution in [0.5, 0.6) is 0 Å². The molecule has 4 N–H and O–H groups in total. The molecule has 0 aromatic heterocycles. The van der Waals surface area contributed by atoms with Gasteiger partial charge in [-0.1, -0.05) is 0 Å². The van der Waals surface area contributed by atoms with Crippen molar-refractivity contribution < 1.29 is 24.6 Å². The number of nitrogens with two attached hydrogens (primary N) is 2. The molecule has 0 saturated heterocycles. The fourth-order valence-corrected chi connectivity index (χ4v) is 7.19. The Morgan fingerprint density at radius 3 is 1.67 bits per heavy atom. The van der Waals surface area contributed by atoms with E-state index in [-0.39, 0.29) is 0 Å². The second-order valence-electron chi connectivity index (χ2n) is 2.35. The first kappa shape index (κ1) is 9.86. The summed E-state index contributed by atoms with van der Waals surface area (Å²) >= 11 is -0.413. The second-order valence-corrected chi connectivity index (χ2v) is 10.6. The molecule has 3 heteroatoms. The van der Waals surface area contributed by atoms with Gasteiger partial charge >= 0.3 is 69.8 Å². The van der Waals surface area contributed by atoms with Crippen LogP contribution in [0.4, 0.5) is 0 Å². The third-order valence-corrected chi connectivity index (χ3v) is 9.18. The minimum absolute atomic E-state index is 0.413. The predicted molar refractivity (Wildman–Crippen MR) is 37.0 cm³/mol. The molecule has 0 radical (unpaired) electrons. The number of rotatable bonds is 6. The van der Waals surface area contributed by atoms with Crippen LogP contribution >= 0.6 is 0 Å². The van der Waals surface area contributed by atoms with Gasteiger partial charge in [0.2, 0.25) is 0 Å². The molecule has 0 saturated carbocycles. The van der Waals surface area contributed by atoms with E-state index >= 15 is 0 Å². The van der Waals surface area contributed by atoms with Gasteiger partial charge in [0, 0.05) is 0 Å². The van der Waals surface area contributed by atoms with Crippen LogP contribution in [-0.4, -0.2) is 13.1 Å². The fraction of sp³-hybridized carbons (Fsp3) is 1.00. The van der Waals surface area contributed by atoms with Gasteiger partial charge in [0.25, 0.3) is 0 Å². The van der Waals surface area contributed by atoms with Gasteiger partial charge in [-0.2, -0.15) is 0 Å². The molecule has 0 aromatic rings. The normalized spacial score (nSPS) is 9.11. The third-order valence-electron chi connectivity index (χ3n) is 1.41. The summed E-state index contributed by atoms with van der Waals surface area (Å²) in [5.74, 6) is 0. The standard InChI is InChI=1S/2C3H8N.Hg/c2*1-2-3-4;/h2*1-4H2;. The molecule has 0 fully saturated rings. The predicted octanol–water partition coefficient (Wildman–Crippen LogP) is 0.603. The van der Waals surface area contributed by atoms with Crippen molar-refractivity contribution in [1.82, 2.24) is 0 Å². The van der Waals surface area contributed by atoms with E-state index in [0.29, 0.717) is 0 Å². The Morgan fingerprint density at radius 2 is 1.33 bits per heavy atom. The number of hydrogen-bond acceptors (Lipinski definition) is 2. The van der Waals surface area contributed by atoms with E-state index < -0.39 is 24.6 Å². The van der Waals surface area contributed by atoms with E-state index in [9.17, 15) is 0 Å². The molecule has 0 aliphatic carbocycles. The van der Waals surface area contributed by atoms with Gasteiger partial charge in [-0.3, -0.25) is 0 Å². The van der Waals surface area contributed by atoms with Gasteiger partial charge in [-0.05, 0) is 0 Å².